The van der Waals surface area contributed by atoms with Gasteiger partial charge in [-0.2, -0.15) is 6.20 Å². The van der Waals surface area contributed by atoms with Gasteiger partial charge in [0, 0.05) is 0 Å². The summed E-state index contributed by atoms with van der Waals surface area (Å²) in [5.41, 5.74) is 0. The van der Waals surface area contributed by atoms with Gasteiger partial charge in [0.1, 0.15) is 0 Å². The molecular weight excluding hydrogens is 104 g/mol. The van der Waals surface area contributed by atoms with E-state index in [0.29, 0.717) is 6.54 Å². The lowest BCUT2D eigenvalue weighted by molar-refractivity contribution is 0.413. The van der Waals surface area contributed by atoms with Gasteiger partial charge in [-0.25, -0.2) is 0 Å². The van der Waals surface area contributed by atoms with Gasteiger partial charge in [0.05, 0.1) is 0 Å². The molecule has 0 fully saturated rings. The number of rotatable bonds is 0. The van der Waals surface area contributed by atoms with Crippen molar-refractivity contribution in [1.82, 2.24) is 0 Å². The number of nitrogens with zero attached hydrogens (tertiary/aromatic N) is 2. The summed E-state index contributed by atoms with van der Waals surface area (Å²) in [6.45, 7) is 2.61. The van der Waals surface area contributed by atoms with Crippen molar-refractivity contribution in [2.24, 2.45) is 0 Å². The minimum absolute atomic E-state index is 0.0451. The number of hydrogen-bond donors (Lipinski definition) is 1. The Hall–Kier alpha value is -0.860. The summed E-state index contributed by atoms with van der Waals surface area (Å²) in [4.78, 5) is 0. The second-order valence-electron chi connectivity index (χ2n) is 1.83. The van der Waals surface area contributed by atoms with Crippen molar-refractivity contribution in [2.45, 2.75) is 13.0 Å². The second kappa shape index (κ2) is 1.94. The van der Waals surface area contributed by atoms with E-state index >= 15 is 0 Å². The van der Waals surface area contributed by atoms with E-state index in [1.54, 1.807) is 0 Å². The van der Waals surface area contributed by atoms with Crippen LogP contribution in [0.5, 0.6) is 0 Å². The van der Waals surface area contributed by atoms with Crippen LogP contribution < -0.4 is 0 Å². The summed E-state index contributed by atoms with van der Waals surface area (Å²) < 4.78 is 0. The van der Waals surface area contributed by atoms with Crippen LogP contribution in [-0.4, -0.2) is 17.7 Å². The fourth-order valence-corrected chi connectivity index (χ4v) is 0.587. The van der Waals surface area contributed by atoms with Crippen molar-refractivity contribution in [1.29, 1.82) is 0 Å². The van der Waals surface area contributed by atoms with E-state index in [4.69, 9.17) is 5.11 Å². The Morgan fingerprint density at radius 2 is 2.62 bits per heavy atom. The summed E-state index contributed by atoms with van der Waals surface area (Å²) in [7, 11) is 0. The predicted molar refractivity (Wildman–Crippen MR) is 31.8 cm³/mol. The van der Waals surface area contributed by atoms with E-state index in [1.807, 2.05) is 6.92 Å². The molecule has 1 atom stereocenters. The van der Waals surface area contributed by atoms with E-state index in [2.05, 4.69) is 10.6 Å². The Labute approximate surface area is 48.4 Å². The first-order chi connectivity index (χ1) is 3.79. The maximum atomic E-state index is 8.68. The summed E-state index contributed by atoms with van der Waals surface area (Å²) in [6.07, 6.45) is 1.38. The summed E-state index contributed by atoms with van der Waals surface area (Å²) in [5, 5.41) is 16.3. The summed E-state index contributed by atoms with van der Waals surface area (Å²) >= 11 is 0. The highest BCUT2D eigenvalue weighted by atomic mass is 16.3. The molecule has 8 heavy (non-hydrogen) atoms. The molecule has 0 aromatic heterocycles. The van der Waals surface area contributed by atoms with Gasteiger partial charge in [-0.05, 0) is 5.88 Å². The lowest BCUT2D eigenvalue weighted by atomic mass is 10.3. The van der Waals surface area contributed by atoms with Crippen LogP contribution in [0.2, 0.25) is 0 Å². The molecule has 1 unspecified atom stereocenters. The second-order valence-corrected chi connectivity index (χ2v) is 1.83. The molecule has 0 amide bonds. The van der Waals surface area contributed by atoms with Gasteiger partial charge in [0.15, 0.2) is 0 Å². The third kappa shape index (κ3) is 1.05. The van der Waals surface area contributed by atoms with Crippen LogP contribution in [0.4, 0.5) is 0 Å². The van der Waals surface area contributed by atoms with Crippen LogP contribution in [-0.2, 0) is 0 Å². The van der Waals surface area contributed by atoms with Crippen LogP contribution in [0, 0.1) is 0 Å². The van der Waals surface area contributed by atoms with E-state index in [0.717, 1.165) is 0 Å². The lowest BCUT2D eigenvalue weighted by Crippen LogP contribution is -2.09. The third-order valence-corrected chi connectivity index (χ3v) is 0.929. The number of hydrogen-bond acceptors (Lipinski definition) is 1. The fraction of sp³-hybridized carbons (Fsp3) is 0.600. The van der Waals surface area contributed by atoms with Gasteiger partial charge >= 0.3 is 0 Å². The Bertz CT molecular complexity index is 111. The maximum Gasteiger partial charge on any atom is -0.0122 e. The monoisotopic (exact) mass is 112 g/mol. The topological polar surface area (TPSA) is 48.4 Å². The minimum Gasteiger partial charge on any atom is -0.690 e. The highest BCUT2D eigenvalue weighted by Crippen LogP contribution is 2.16. The Kier molecular flexibility index (Phi) is 1.28. The molecule has 0 radical (unpaired) electrons. The minimum atomic E-state index is 0.0451. The van der Waals surface area contributed by atoms with Crippen LogP contribution in [0.25, 0.3) is 10.6 Å². The molecular formula is C5H8N2O-2. The van der Waals surface area contributed by atoms with Crippen molar-refractivity contribution in [2.75, 3.05) is 6.54 Å². The largest absolute Gasteiger partial charge is 0.690 e. The van der Waals surface area contributed by atoms with E-state index in [-0.39, 0.29) is 11.9 Å². The van der Waals surface area contributed by atoms with Crippen molar-refractivity contribution < 1.29 is 5.11 Å². The zero-order valence-electron chi connectivity index (χ0n) is 4.70. The van der Waals surface area contributed by atoms with Crippen molar-refractivity contribution in [3.05, 3.63) is 22.7 Å². The number of aliphatic hydroxyl groups excluding tert-OH is 1. The van der Waals surface area contributed by atoms with Crippen molar-refractivity contribution in [3.63, 3.8) is 0 Å². The Morgan fingerprint density at radius 1 is 1.88 bits per heavy atom. The molecule has 0 saturated carbocycles. The molecule has 1 heterocycles. The average Bonchev–Trinajstić information content (AvgIpc) is 1.64. The third-order valence-electron chi connectivity index (χ3n) is 0.929. The summed E-state index contributed by atoms with van der Waals surface area (Å²) in [5.74, 6) is 0.0451. The van der Waals surface area contributed by atoms with Crippen LogP contribution in [0.15, 0.2) is 12.1 Å². The SMILES string of the molecule is CC1C[N-]C=C(O)[N-]1. The fourth-order valence-electron chi connectivity index (χ4n) is 0.587. The zero-order chi connectivity index (χ0) is 5.98. The van der Waals surface area contributed by atoms with E-state index in [1.165, 1.54) is 6.20 Å². The van der Waals surface area contributed by atoms with Crippen LogP contribution in [0.1, 0.15) is 6.92 Å². The normalized spacial score (nSPS) is 27.6. The van der Waals surface area contributed by atoms with Gasteiger partial charge in [0.25, 0.3) is 0 Å². The van der Waals surface area contributed by atoms with E-state index < -0.39 is 0 Å². The molecule has 1 rings (SSSR count). The Morgan fingerprint density at radius 3 is 3.00 bits per heavy atom. The standard InChI is InChI=1S/C5H8N2O/c1-4-2-6-3-5(8)7-4/h3-4,8H,2H2,1H3/q-2. The van der Waals surface area contributed by atoms with Crippen LogP contribution in [0.3, 0.4) is 0 Å². The van der Waals surface area contributed by atoms with Crippen LogP contribution >= 0.6 is 0 Å². The molecule has 46 valence electrons. The first-order valence-corrected chi connectivity index (χ1v) is 2.55. The molecule has 1 N–H and O–H groups in total. The van der Waals surface area contributed by atoms with Gasteiger partial charge in [-0.1, -0.05) is 6.92 Å². The molecule has 3 heteroatoms. The quantitative estimate of drug-likeness (QED) is 0.507. The van der Waals surface area contributed by atoms with Crippen molar-refractivity contribution in [3.8, 4) is 0 Å². The Balaban J connectivity index is 2.45. The van der Waals surface area contributed by atoms with Gasteiger partial charge < -0.3 is 15.7 Å². The maximum absolute atomic E-state index is 8.68. The lowest BCUT2D eigenvalue weighted by Gasteiger charge is -2.40. The molecule has 1 aliphatic heterocycles. The molecule has 3 nitrogen and oxygen atoms in total. The first kappa shape index (κ1) is 5.28. The predicted octanol–water partition coefficient (Wildman–Crippen LogP) is 1.49. The highest BCUT2D eigenvalue weighted by Gasteiger charge is 1.84. The average molecular weight is 112 g/mol. The van der Waals surface area contributed by atoms with Crippen molar-refractivity contribution >= 4 is 0 Å². The molecule has 0 aromatic carbocycles. The van der Waals surface area contributed by atoms with Gasteiger partial charge in [-0.3, -0.25) is 0 Å². The molecule has 0 saturated heterocycles. The molecule has 0 aliphatic carbocycles. The van der Waals surface area contributed by atoms with E-state index in [9.17, 15) is 0 Å². The first-order valence-electron chi connectivity index (χ1n) is 2.55. The number of aliphatic hydroxyl groups is 1. The molecule has 0 aromatic rings. The molecule has 1 aliphatic rings. The van der Waals surface area contributed by atoms with Gasteiger partial charge in [0.2, 0.25) is 0 Å². The highest BCUT2D eigenvalue weighted by molar-refractivity contribution is 5.24. The zero-order valence-corrected chi connectivity index (χ0v) is 4.70. The smallest absolute Gasteiger partial charge is 0.0122 e. The molecule has 0 spiro atoms. The summed E-state index contributed by atoms with van der Waals surface area (Å²) in [6, 6.07) is 0.153. The van der Waals surface area contributed by atoms with Gasteiger partial charge in [-0.15, -0.1) is 12.6 Å². The molecule has 0 bridgehead atoms.